The highest BCUT2D eigenvalue weighted by molar-refractivity contribution is 7.81. The smallest absolute Gasteiger partial charge is 0.309 e. The highest BCUT2D eigenvalue weighted by Gasteiger charge is 2.30. The van der Waals surface area contributed by atoms with Gasteiger partial charge in [-0.3, -0.25) is 14.1 Å². The first-order chi connectivity index (χ1) is 19.1. The van der Waals surface area contributed by atoms with Gasteiger partial charge < -0.3 is 15.2 Å². The van der Waals surface area contributed by atoms with Crippen molar-refractivity contribution in [1.82, 2.24) is 9.97 Å². The Labute approximate surface area is 235 Å². The standard InChI is InChI=1S/C29H32N4O6S/c1-5-38-29(35)21-11-9-20(10-12-21)23-14-13-22(27(31-23)39-26-18(3)15-17(2)16-19(26)4)28(34)33(40(36)37)25-8-6-7-24(30)32-25/h6-9,13-16,21H,5,10-12H2,1-4H3,(H2,30,32)(H,36,37). The molecule has 4 rings (SSSR count). The van der Waals surface area contributed by atoms with E-state index >= 15 is 0 Å². The molecule has 3 N–H and O–H groups in total. The molecule has 1 aliphatic carbocycles. The zero-order chi connectivity index (χ0) is 29.0. The lowest BCUT2D eigenvalue weighted by molar-refractivity contribution is -0.148. The Bertz CT molecular complexity index is 1480. The topological polar surface area (TPSA) is 145 Å². The molecule has 0 spiro atoms. The Morgan fingerprint density at radius 1 is 1.12 bits per heavy atom. The van der Waals surface area contributed by atoms with Crippen LogP contribution >= 0.6 is 0 Å². The van der Waals surface area contributed by atoms with Crippen LogP contribution < -0.4 is 14.8 Å². The van der Waals surface area contributed by atoms with Gasteiger partial charge in [-0.25, -0.2) is 14.2 Å². The summed E-state index contributed by atoms with van der Waals surface area (Å²) in [5.41, 5.74) is 9.95. The minimum absolute atomic E-state index is 0.0228. The van der Waals surface area contributed by atoms with Crippen molar-refractivity contribution in [2.24, 2.45) is 5.92 Å². The van der Waals surface area contributed by atoms with Crippen LogP contribution in [0.1, 0.15) is 58.9 Å². The number of hydrogen-bond donors (Lipinski definition) is 2. The number of nitrogen functional groups attached to an aromatic ring is 1. The number of pyridine rings is 2. The molecule has 2 heterocycles. The third-order valence-corrected chi connectivity index (χ3v) is 7.22. The van der Waals surface area contributed by atoms with Crippen molar-refractivity contribution < 1.29 is 27.8 Å². The minimum atomic E-state index is -2.75. The summed E-state index contributed by atoms with van der Waals surface area (Å²) in [7, 11) is 0. The number of benzene rings is 1. The molecule has 1 aliphatic rings. The SMILES string of the molecule is CCOC(=O)C1CC=C(c2ccc(C(=O)N(c3cccc(N)n3)S(=O)O)c(Oc3c(C)cc(C)cc3C)n2)CC1. The first-order valence-electron chi connectivity index (χ1n) is 12.9. The molecule has 2 atom stereocenters. The molecule has 0 saturated heterocycles. The fourth-order valence-corrected chi connectivity index (χ4v) is 5.24. The molecule has 2 unspecified atom stereocenters. The molecule has 1 aromatic carbocycles. The largest absolute Gasteiger partial charge is 0.466 e. The maximum absolute atomic E-state index is 13.7. The van der Waals surface area contributed by atoms with E-state index in [0.717, 1.165) is 22.3 Å². The van der Waals surface area contributed by atoms with E-state index in [1.807, 2.05) is 39.0 Å². The predicted octanol–water partition coefficient (Wildman–Crippen LogP) is 5.31. The van der Waals surface area contributed by atoms with E-state index in [9.17, 15) is 18.4 Å². The van der Waals surface area contributed by atoms with Crippen LogP contribution in [0.4, 0.5) is 11.6 Å². The van der Waals surface area contributed by atoms with Gasteiger partial charge in [0.05, 0.1) is 18.2 Å². The van der Waals surface area contributed by atoms with Crippen molar-refractivity contribution in [3.05, 3.63) is 76.5 Å². The van der Waals surface area contributed by atoms with E-state index in [4.69, 9.17) is 20.2 Å². The average Bonchev–Trinajstić information content (AvgIpc) is 2.90. The first kappa shape index (κ1) is 28.9. The van der Waals surface area contributed by atoms with Crippen LogP contribution in [0.15, 0.2) is 48.5 Å². The van der Waals surface area contributed by atoms with Gasteiger partial charge in [0, 0.05) is 0 Å². The van der Waals surface area contributed by atoms with Gasteiger partial charge in [0.15, 0.2) is 5.82 Å². The number of esters is 1. The second-order valence-electron chi connectivity index (χ2n) is 9.58. The normalized spacial score (nSPS) is 15.6. The van der Waals surface area contributed by atoms with Crippen molar-refractivity contribution in [3.8, 4) is 11.6 Å². The second kappa shape index (κ2) is 12.4. The Balaban J connectivity index is 1.77. The van der Waals surface area contributed by atoms with Crippen LogP contribution in [-0.4, -0.2) is 37.2 Å². The third-order valence-electron chi connectivity index (χ3n) is 6.56. The first-order valence-corrected chi connectivity index (χ1v) is 14.0. The number of carbonyl (C=O) groups excluding carboxylic acids is 2. The lowest BCUT2D eigenvalue weighted by Crippen LogP contribution is -2.33. The number of amides is 1. The van der Waals surface area contributed by atoms with E-state index in [-0.39, 0.29) is 35.0 Å². The maximum Gasteiger partial charge on any atom is 0.309 e. The van der Waals surface area contributed by atoms with E-state index in [1.165, 1.54) is 24.3 Å². The van der Waals surface area contributed by atoms with Gasteiger partial charge >= 0.3 is 5.97 Å². The van der Waals surface area contributed by atoms with Gasteiger partial charge in [-0.2, -0.15) is 4.31 Å². The van der Waals surface area contributed by atoms with E-state index in [1.54, 1.807) is 13.0 Å². The van der Waals surface area contributed by atoms with Crippen LogP contribution in [0.25, 0.3) is 5.57 Å². The molecule has 210 valence electrons. The molecule has 0 fully saturated rings. The minimum Gasteiger partial charge on any atom is -0.466 e. The number of nitrogens with zero attached hydrogens (tertiary/aromatic N) is 3. The maximum atomic E-state index is 13.7. The summed E-state index contributed by atoms with van der Waals surface area (Å²) in [5.74, 6) is -0.764. The quantitative estimate of drug-likeness (QED) is 0.275. The van der Waals surface area contributed by atoms with E-state index in [2.05, 4.69) is 4.98 Å². The Kier molecular flexibility index (Phi) is 8.96. The summed E-state index contributed by atoms with van der Waals surface area (Å²) in [5, 5.41) is 0. The van der Waals surface area contributed by atoms with Crippen molar-refractivity contribution in [2.45, 2.75) is 47.0 Å². The van der Waals surface area contributed by atoms with Gasteiger partial charge in [0.25, 0.3) is 17.2 Å². The van der Waals surface area contributed by atoms with Gasteiger partial charge in [-0.05, 0) is 87.9 Å². The van der Waals surface area contributed by atoms with Crippen molar-refractivity contribution >= 4 is 40.4 Å². The van der Waals surface area contributed by atoms with E-state index < -0.39 is 17.2 Å². The van der Waals surface area contributed by atoms with Crippen LogP contribution in [0.5, 0.6) is 11.6 Å². The number of rotatable bonds is 8. The molecular formula is C29H32N4O6S. The highest BCUT2D eigenvalue weighted by Crippen LogP contribution is 2.35. The van der Waals surface area contributed by atoms with Crippen LogP contribution in [-0.2, 0) is 20.8 Å². The molecule has 11 heteroatoms. The van der Waals surface area contributed by atoms with Gasteiger partial charge in [0.1, 0.15) is 17.1 Å². The Morgan fingerprint density at radius 2 is 1.85 bits per heavy atom. The third kappa shape index (κ3) is 6.37. The molecule has 0 bridgehead atoms. The zero-order valence-corrected chi connectivity index (χ0v) is 23.7. The number of ether oxygens (including phenoxy) is 2. The fourth-order valence-electron chi connectivity index (χ4n) is 4.74. The molecular weight excluding hydrogens is 532 g/mol. The monoisotopic (exact) mass is 564 g/mol. The number of nitrogens with two attached hydrogens (primary N) is 1. The fraction of sp³-hybridized carbons (Fsp3) is 0.310. The van der Waals surface area contributed by atoms with Gasteiger partial charge in [-0.15, -0.1) is 0 Å². The second-order valence-corrected chi connectivity index (χ2v) is 10.4. The summed E-state index contributed by atoms with van der Waals surface area (Å²) in [4.78, 5) is 34.6. The summed E-state index contributed by atoms with van der Waals surface area (Å²) in [6, 6.07) is 11.5. The molecule has 0 radical (unpaired) electrons. The number of aromatic nitrogens is 2. The summed E-state index contributed by atoms with van der Waals surface area (Å²) in [6.45, 7) is 7.88. The predicted molar refractivity (Wildman–Crippen MR) is 153 cm³/mol. The Hall–Kier alpha value is -4.09. The van der Waals surface area contributed by atoms with Crippen molar-refractivity contribution in [1.29, 1.82) is 0 Å². The van der Waals surface area contributed by atoms with Crippen LogP contribution in [0, 0.1) is 26.7 Å². The van der Waals surface area contributed by atoms with Crippen molar-refractivity contribution in [3.63, 3.8) is 0 Å². The molecule has 3 aromatic rings. The molecule has 10 nitrogen and oxygen atoms in total. The number of anilines is 2. The number of allylic oxidation sites excluding steroid dienone is 2. The summed E-state index contributed by atoms with van der Waals surface area (Å²) >= 11 is -2.75. The van der Waals surface area contributed by atoms with Crippen molar-refractivity contribution in [2.75, 3.05) is 16.6 Å². The van der Waals surface area contributed by atoms with Gasteiger partial charge in [-0.1, -0.05) is 29.8 Å². The molecule has 0 aliphatic heterocycles. The van der Waals surface area contributed by atoms with Crippen LogP contribution in [0.2, 0.25) is 0 Å². The van der Waals surface area contributed by atoms with Crippen LogP contribution in [0.3, 0.4) is 0 Å². The molecule has 2 aromatic heterocycles. The number of carbonyl (C=O) groups is 2. The lowest BCUT2D eigenvalue weighted by atomic mass is 9.88. The number of aryl methyl sites for hydroxylation is 3. The van der Waals surface area contributed by atoms with E-state index in [0.29, 0.717) is 41.6 Å². The lowest BCUT2D eigenvalue weighted by Gasteiger charge is -2.22. The number of hydrogen-bond acceptors (Lipinski definition) is 8. The molecule has 1 amide bonds. The summed E-state index contributed by atoms with van der Waals surface area (Å²) in [6.07, 6.45) is 3.66. The molecule has 0 saturated carbocycles. The zero-order valence-electron chi connectivity index (χ0n) is 22.8. The molecule has 40 heavy (non-hydrogen) atoms. The van der Waals surface area contributed by atoms with Gasteiger partial charge in [0.2, 0.25) is 5.88 Å². The summed E-state index contributed by atoms with van der Waals surface area (Å²) < 4.78 is 34.4. The highest BCUT2D eigenvalue weighted by atomic mass is 32.2. The Morgan fingerprint density at radius 3 is 2.45 bits per heavy atom. The average molecular weight is 565 g/mol.